The highest BCUT2D eigenvalue weighted by Gasteiger charge is 2.12. The van der Waals surface area contributed by atoms with Gasteiger partial charge in [0.2, 0.25) is 0 Å². The average Bonchev–Trinajstić information content (AvgIpc) is 2.90. The summed E-state index contributed by atoms with van der Waals surface area (Å²) in [5.74, 6) is 1.19. The van der Waals surface area contributed by atoms with Crippen LogP contribution in [0.25, 0.3) is 11.5 Å². The van der Waals surface area contributed by atoms with Crippen molar-refractivity contribution in [1.82, 2.24) is 10.1 Å². The van der Waals surface area contributed by atoms with E-state index in [1.165, 1.54) is 11.1 Å². The van der Waals surface area contributed by atoms with Crippen LogP contribution in [0.3, 0.4) is 0 Å². The van der Waals surface area contributed by atoms with E-state index in [-0.39, 0.29) is 0 Å². The SMILES string of the molecule is Cc1cccc(Cc2noc(-c3cc(N)ccc3C)n2)c1. The van der Waals surface area contributed by atoms with Crippen LogP contribution in [-0.4, -0.2) is 10.1 Å². The Morgan fingerprint density at radius 1 is 1.10 bits per heavy atom. The molecule has 0 unspecified atom stereocenters. The summed E-state index contributed by atoms with van der Waals surface area (Å²) < 4.78 is 5.37. The lowest BCUT2D eigenvalue weighted by molar-refractivity contribution is 0.423. The fraction of sp³-hybridized carbons (Fsp3) is 0.176. The average molecular weight is 279 g/mol. The van der Waals surface area contributed by atoms with Crippen molar-refractivity contribution in [2.24, 2.45) is 0 Å². The number of rotatable bonds is 3. The Morgan fingerprint density at radius 3 is 2.76 bits per heavy atom. The Morgan fingerprint density at radius 2 is 1.95 bits per heavy atom. The zero-order valence-electron chi connectivity index (χ0n) is 12.1. The predicted molar refractivity (Wildman–Crippen MR) is 82.9 cm³/mol. The number of nitrogens with zero attached hydrogens (tertiary/aromatic N) is 2. The molecule has 0 radical (unpaired) electrons. The van der Waals surface area contributed by atoms with E-state index in [9.17, 15) is 0 Å². The van der Waals surface area contributed by atoms with Gasteiger partial charge in [-0.25, -0.2) is 0 Å². The van der Waals surface area contributed by atoms with Crippen molar-refractivity contribution in [3.05, 3.63) is 65.0 Å². The van der Waals surface area contributed by atoms with Gasteiger partial charge in [-0.1, -0.05) is 41.1 Å². The molecule has 0 saturated carbocycles. The molecule has 0 saturated heterocycles. The highest BCUT2D eigenvalue weighted by molar-refractivity contribution is 5.63. The van der Waals surface area contributed by atoms with Gasteiger partial charge < -0.3 is 10.3 Å². The summed E-state index contributed by atoms with van der Waals surface area (Å²) in [5.41, 5.74) is 10.9. The third-order valence-electron chi connectivity index (χ3n) is 3.40. The molecule has 1 aromatic heterocycles. The van der Waals surface area contributed by atoms with Crippen molar-refractivity contribution in [2.75, 3.05) is 5.73 Å². The number of nitrogens with two attached hydrogens (primary N) is 1. The first kappa shape index (κ1) is 13.4. The lowest BCUT2D eigenvalue weighted by Crippen LogP contribution is -1.92. The van der Waals surface area contributed by atoms with Crippen molar-refractivity contribution in [1.29, 1.82) is 0 Å². The highest BCUT2D eigenvalue weighted by Crippen LogP contribution is 2.24. The van der Waals surface area contributed by atoms with Crippen LogP contribution in [0.15, 0.2) is 47.0 Å². The number of benzene rings is 2. The van der Waals surface area contributed by atoms with Crippen LogP contribution >= 0.6 is 0 Å². The van der Waals surface area contributed by atoms with Gasteiger partial charge in [0, 0.05) is 17.7 Å². The Balaban J connectivity index is 1.88. The fourth-order valence-corrected chi connectivity index (χ4v) is 2.31. The Hall–Kier alpha value is -2.62. The molecule has 2 aromatic carbocycles. The fourth-order valence-electron chi connectivity index (χ4n) is 2.31. The monoisotopic (exact) mass is 279 g/mol. The first-order chi connectivity index (χ1) is 10.1. The van der Waals surface area contributed by atoms with Gasteiger partial charge in [-0.3, -0.25) is 0 Å². The molecule has 0 aliphatic carbocycles. The van der Waals surface area contributed by atoms with E-state index in [1.54, 1.807) is 0 Å². The minimum atomic E-state index is 0.516. The lowest BCUT2D eigenvalue weighted by Gasteiger charge is -2.01. The Bertz CT molecular complexity index is 777. The van der Waals surface area contributed by atoms with Crippen molar-refractivity contribution in [3.8, 4) is 11.5 Å². The molecule has 0 spiro atoms. The van der Waals surface area contributed by atoms with Crippen molar-refractivity contribution in [2.45, 2.75) is 20.3 Å². The van der Waals surface area contributed by atoms with E-state index in [0.717, 1.165) is 11.1 Å². The molecule has 3 aromatic rings. The predicted octanol–water partition coefficient (Wildman–Crippen LogP) is 3.53. The first-order valence-electron chi connectivity index (χ1n) is 6.86. The number of aromatic nitrogens is 2. The summed E-state index contributed by atoms with van der Waals surface area (Å²) in [5, 5.41) is 4.06. The quantitative estimate of drug-likeness (QED) is 0.745. The van der Waals surface area contributed by atoms with E-state index >= 15 is 0 Å². The van der Waals surface area contributed by atoms with E-state index < -0.39 is 0 Å². The number of aryl methyl sites for hydroxylation is 2. The smallest absolute Gasteiger partial charge is 0.258 e. The third-order valence-corrected chi connectivity index (χ3v) is 3.40. The molecule has 4 heteroatoms. The zero-order chi connectivity index (χ0) is 14.8. The molecule has 106 valence electrons. The zero-order valence-corrected chi connectivity index (χ0v) is 12.1. The van der Waals surface area contributed by atoms with E-state index in [2.05, 4.69) is 35.3 Å². The Kier molecular flexibility index (Phi) is 3.44. The maximum atomic E-state index is 5.82. The lowest BCUT2D eigenvalue weighted by atomic mass is 10.1. The summed E-state index contributed by atoms with van der Waals surface area (Å²) >= 11 is 0. The van der Waals surface area contributed by atoms with Crippen molar-refractivity contribution in [3.63, 3.8) is 0 Å². The highest BCUT2D eigenvalue weighted by atomic mass is 16.5. The second-order valence-corrected chi connectivity index (χ2v) is 5.26. The summed E-state index contributed by atoms with van der Waals surface area (Å²) in [6.45, 7) is 4.07. The van der Waals surface area contributed by atoms with Crippen LogP contribution in [0, 0.1) is 13.8 Å². The van der Waals surface area contributed by atoms with E-state index in [1.807, 2.05) is 31.2 Å². The van der Waals surface area contributed by atoms with Gasteiger partial charge in [0.05, 0.1) is 0 Å². The van der Waals surface area contributed by atoms with Crippen molar-refractivity contribution >= 4 is 5.69 Å². The summed E-state index contributed by atoms with van der Waals surface area (Å²) in [6.07, 6.45) is 0.659. The molecular formula is C17H17N3O. The third kappa shape index (κ3) is 2.94. The molecule has 0 fully saturated rings. The second kappa shape index (κ2) is 5.40. The summed E-state index contributed by atoms with van der Waals surface area (Å²) in [6, 6.07) is 14.0. The summed E-state index contributed by atoms with van der Waals surface area (Å²) in [7, 11) is 0. The minimum absolute atomic E-state index is 0.516. The maximum absolute atomic E-state index is 5.82. The number of hydrogen-bond acceptors (Lipinski definition) is 4. The van der Waals surface area contributed by atoms with E-state index in [4.69, 9.17) is 10.3 Å². The van der Waals surface area contributed by atoms with Crippen LogP contribution in [0.1, 0.15) is 22.5 Å². The van der Waals surface area contributed by atoms with Gasteiger partial charge in [-0.05, 0) is 37.1 Å². The maximum Gasteiger partial charge on any atom is 0.258 e. The standard InChI is InChI=1S/C17H17N3O/c1-11-4-3-5-13(8-11)9-16-19-17(21-20-16)15-10-14(18)7-6-12(15)2/h3-8,10H,9,18H2,1-2H3. The van der Waals surface area contributed by atoms with Gasteiger partial charge in [-0.2, -0.15) is 4.98 Å². The van der Waals surface area contributed by atoms with Gasteiger partial charge in [-0.15, -0.1) is 0 Å². The topological polar surface area (TPSA) is 64.9 Å². The van der Waals surface area contributed by atoms with Crippen molar-refractivity contribution < 1.29 is 4.52 Å². The largest absolute Gasteiger partial charge is 0.399 e. The second-order valence-electron chi connectivity index (χ2n) is 5.26. The van der Waals surface area contributed by atoms with Crippen LogP contribution in [0.4, 0.5) is 5.69 Å². The molecule has 0 aliphatic heterocycles. The number of anilines is 1. The van der Waals surface area contributed by atoms with Crippen LogP contribution < -0.4 is 5.73 Å². The molecule has 1 heterocycles. The molecular weight excluding hydrogens is 262 g/mol. The molecule has 2 N–H and O–H groups in total. The van der Waals surface area contributed by atoms with Crippen LogP contribution in [-0.2, 0) is 6.42 Å². The normalized spacial score (nSPS) is 10.8. The van der Waals surface area contributed by atoms with Gasteiger partial charge in [0.15, 0.2) is 5.82 Å². The van der Waals surface area contributed by atoms with E-state index in [0.29, 0.717) is 23.8 Å². The molecule has 0 aliphatic rings. The molecule has 0 atom stereocenters. The first-order valence-corrected chi connectivity index (χ1v) is 6.86. The molecule has 4 nitrogen and oxygen atoms in total. The number of nitrogen functional groups attached to an aromatic ring is 1. The number of hydrogen-bond donors (Lipinski definition) is 1. The molecule has 0 amide bonds. The van der Waals surface area contributed by atoms with Gasteiger partial charge in [0.1, 0.15) is 0 Å². The van der Waals surface area contributed by atoms with Gasteiger partial charge in [0.25, 0.3) is 5.89 Å². The van der Waals surface area contributed by atoms with Crippen LogP contribution in [0.2, 0.25) is 0 Å². The molecule has 21 heavy (non-hydrogen) atoms. The molecule has 0 bridgehead atoms. The van der Waals surface area contributed by atoms with Gasteiger partial charge >= 0.3 is 0 Å². The minimum Gasteiger partial charge on any atom is -0.399 e. The Labute approximate surface area is 123 Å². The summed E-state index contributed by atoms with van der Waals surface area (Å²) in [4.78, 5) is 4.47. The van der Waals surface area contributed by atoms with Crippen LogP contribution in [0.5, 0.6) is 0 Å². The molecule has 3 rings (SSSR count).